The summed E-state index contributed by atoms with van der Waals surface area (Å²) in [6, 6.07) is 8.16. The largest absolute Gasteiger partial charge is 0.481 e. The molecule has 2 heterocycles. The number of nitrogens with zero attached hydrogens (tertiary/aromatic N) is 3. The van der Waals surface area contributed by atoms with Crippen molar-refractivity contribution in [2.45, 2.75) is 117 Å². The van der Waals surface area contributed by atoms with Crippen LogP contribution >= 0.6 is 11.3 Å². The number of aliphatic carboxylic acids is 1. The van der Waals surface area contributed by atoms with Crippen LogP contribution in [0.2, 0.25) is 0 Å². The van der Waals surface area contributed by atoms with Crippen molar-refractivity contribution >= 4 is 35.0 Å². The van der Waals surface area contributed by atoms with E-state index < -0.39 is 30.1 Å². The van der Waals surface area contributed by atoms with E-state index in [-0.39, 0.29) is 53.8 Å². The van der Waals surface area contributed by atoms with Crippen LogP contribution in [0.1, 0.15) is 107 Å². The summed E-state index contributed by atoms with van der Waals surface area (Å²) >= 11 is 1.33. The van der Waals surface area contributed by atoms with E-state index in [4.69, 9.17) is 9.72 Å². The van der Waals surface area contributed by atoms with E-state index in [1.54, 1.807) is 24.3 Å². The van der Waals surface area contributed by atoms with Gasteiger partial charge in [0.05, 0.1) is 12.0 Å². The predicted octanol–water partition coefficient (Wildman–Crippen LogP) is 5.56. The fourth-order valence-corrected chi connectivity index (χ4v) is 7.54. The Morgan fingerprint density at radius 3 is 2.36 bits per heavy atom. The Balaban J connectivity index is 1.77. The molecule has 11 nitrogen and oxygen atoms in total. The number of likely N-dealkylation sites (tertiary alicyclic amines) is 1. The first-order valence-electron chi connectivity index (χ1n) is 18.2. The van der Waals surface area contributed by atoms with E-state index in [0.717, 1.165) is 37.8 Å². The van der Waals surface area contributed by atoms with E-state index >= 15 is 0 Å². The minimum Gasteiger partial charge on any atom is -0.481 e. The molecule has 0 aliphatic carbocycles. The number of likely N-dealkylation sites (N-methyl/N-ethyl adjacent to an activating group) is 2. The first-order chi connectivity index (χ1) is 23.8. The van der Waals surface area contributed by atoms with Gasteiger partial charge in [-0.05, 0) is 63.6 Å². The summed E-state index contributed by atoms with van der Waals surface area (Å²) in [5, 5.41) is 18.0. The minimum atomic E-state index is -0.911. The van der Waals surface area contributed by atoms with Crippen LogP contribution in [0.3, 0.4) is 0 Å². The van der Waals surface area contributed by atoms with Gasteiger partial charge in [0.15, 0.2) is 0 Å². The van der Waals surface area contributed by atoms with Gasteiger partial charge in [0.2, 0.25) is 11.8 Å². The number of piperidine rings is 1. The van der Waals surface area contributed by atoms with Crippen LogP contribution < -0.4 is 10.6 Å². The van der Waals surface area contributed by atoms with Crippen molar-refractivity contribution in [2.24, 2.45) is 17.8 Å². The molecule has 12 heteroatoms. The quantitative estimate of drug-likeness (QED) is 0.172. The molecule has 3 N–H and O–H groups in total. The van der Waals surface area contributed by atoms with Gasteiger partial charge in [-0.15, -0.1) is 11.3 Å². The molecule has 0 radical (unpaired) electrons. The average molecular weight is 714 g/mol. The summed E-state index contributed by atoms with van der Waals surface area (Å²) < 4.78 is 6.19. The van der Waals surface area contributed by atoms with E-state index in [1.807, 2.05) is 58.2 Å². The Bertz CT molecular complexity index is 1390. The fraction of sp³-hybridized carbons (Fsp3) is 0.658. The number of hydrogen-bond donors (Lipinski definition) is 3. The Morgan fingerprint density at radius 2 is 1.76 bits per heavy atom. The zero-order chi connectivity index (χ0) is 37.0. The third-order valence-corrected chi connectivity index (χ3v) is 11.0. The van der Waals surface area contributed by atoms with Crippen LogP contribution in [0.5, 0.6) is 0 Å². The molecule has 7 atom stereocenters. The van der Waals surface area contributed by atoms with E-state index in [1.165, 1.54) is 11.3 Å². The molecular formula is C38H59N5O6S. The number of carbonyl (C=O) groups is 4. The maximum Gasteiger partial charge on any atom is 0.306 e. The van der Waals surface area contributed by atoms with Crippen molar-refractivity contribution in [1.29, 1.82) is 0 Å². The SMILES string of the molecule is CCO[C@H](C[C@H](C(C)C)N(C)C(=O)[C@@H](NC(=O)[C@H]1CCCCN1C)[C@H](C)CC)c1nc(C(=O)N[C@@H](Cc2ccccc2)C[C@H](C)C(=O)O)cs1. The van der Waals surface area contributed by atoms with E-state index in [2.05, 4.69) is 29.4 Å². The monoisotopic (exact) mass is 713 g/mol. The maximum atomic E-state index is 14.2. The van der Waals surface area contributed by atoms with Gasteiger partial charge in [-0.2, -0.15) is 0 Å². The molecule has 2 aromatic rings. The van der Waals surface area contributed by atoms with Crippen molar-refractivity contribution < 1.29 is 29.0 Å². The van der Waals surface area contributed by atoms with Gasteiger partial charge in [-0.1, -0.05) is 77.8 Å². The number of thiazole rings is 1. The number of aromatic nitrogens is 1. The van der Waals surface area contributed by atoms with Crippen LogP contribution in [-0.4, -0.2) is 95.0 Å². The first-order valence-corrected chi connectivity index (χ1v) is 19.1. The summed E-state index contributed by atoms with van der Waals surface area (Å²) in [7, 11) is 3.77. The summed E-state index contributed by atoms with van der Waals surface area (Å²) in [5.41, 5.74) is 1.24. The number of carboxylic acids is 1. The van der Waals surface area contributed by atoms with Crippen molar-refractivity contribution in [3.05, 3.63) is 52.0 Å². The van der Waals surface area contributed by atoms with Gasteiger partial charge in [0.25, 0.3) is 5.91 Å². The summed E-state index contributed by atoms with van der Waals surface area (Å²) in [5.74, 6) is -2.11. The second-order valence-electron chi connectivity index (χ2n) is 14.2. The molecule has 0 bridgehead atoms. The molecule has 1 aliphatic heterocycles. The highest BCUT2D eigenvalue weighted by molar-refractivity contribution is 7.09. The highest BCUT2D eigenvalue weighted by Crippen LogP contribution is 2.31. The van der Waals surface area contributed by atoms with Gasteiger partial charge in [0, 0.05) is 37.5 Å². The lowest BCUT2D eigenvalue weighted by atomic mass is 9.92. The van der Waals surface area contributed by atoms with Crippen molar-refractivity contribution in [2.75, 3.05) is 27.2 Å². The first kappa shape index (κ1) is 41.1. The maximum absolute atomic E-state index is 14.2. The molecule has 1 aromatic carbocycles. The third kappa shape index (κ3) is 11.6. The number of amides is 3. The molecule has 0 unspecified atom stereocenters. The normalized spacial score (nSPS) is 18.8. The predicted molar refractivity (Wildman–Crippen MR) is 197 cm³/mol. The van der Waals surface area contributed by atoms with Gasteiger partial charge < -0.3 is 25.4 Å². The van der Waals surface area contributed by atoms with Gasteiger partial charge in [-0.25, -0.2) is 4.98 Å². The van der Waals surface area contributed by atoms with Crippen LogP contribution in [0.4, 0.5) is 0 Å². The summed E-state index contributed by atoms with van der Waals surface area (Å²) in [6.07, 6.45) is 4.36. The number of carboxylic acid groups (broad SMARTS) is 1. The lowest BCUT2D eigenvalue weighted by Crippen LogP contribution is -2.58. The average Bonchev–Trinajstić information content (AvgIpc) is 3.59. The molecule has 278 valence electrons. The topological polar surface area (TPSA) is 141 Å². The third-order valence-electron chi connectivity index (χ3n) is 10.0. The van der Waals surface area contributed by atoms with Crippen LogP contribution in [0, 0.1) is 17.8 Å². The number of ether oxygens (including phenoxy) is 1. The number of nitrogens with one attached hydrogen (secondary N) is 2. The number of rotatable bonds is 19. The lowest BCUT2D eigenvalue weighted by Gasteiger charge is -2.38. The Hall–Kier alpha value is -3.35. The Kier molecular flexibility index (Phi) is 16.3. The Labute approximate surface area is 302 Å². The standard InChI is InChI=1S/C38H59N5O6S/c1-9-25(5)33(41-35(45)30-18-14-15-19-42(30)7)37(46)43(8)31(24(3)4)22-32(49-10-2)36-40-29(23-50-36)34(44)39-28(20-26(6)38(47)48)21-27-16-12-11-13-17-27/h11-13,16-17,23-26,28,30-33H,9-10,14-15,18-22H2,1-8H3,(H,39,44)(H,41,45)(H,47,48)/t25-,26+,28-,30-,31-,32-,33+/m1/s1. The molecule has 1 saturated heterocycles. The van der Waals surface area contributed by atoms with Crippen molar-refractivity contribution in [1.82, 2.24) is 25.4 Å². The van der Waals surface area contributed by atoms with E-state index in [0.29, 0.717) is 24.5 Å². The summed E-state index contributed by atoms with van der Waals surface area (Å²) in [4.78, 5) is 61.2. The zero-order valence-electron chi connectivity index (χ0n) is 31.2. The highest BCUT2D eigenvalue weighted by Gasteiger charge is 2.37. The van der Waals surface area contributed by atoms with Crippen LogP contribution in [0.15, 0.2) is 35.7 Å². The molecule has 50 heavy (non-hydrogen) atoms. The fourth-order valence-electron chi connectivity index (χ4n) is 6.68. The number of hydrogen-bond acceptors (Lipinski definition) is 8. The smallest absolute Gasteiger partial charge is 0.306 e. The van der Waals surface area contributed by atoms with Crippen molar-refractivity contribution in [3.63, 3.8) is 0 Å². The second kappa shape index (κ2) is 19.9. The van der Waals surface area contributed by atoms with E-state index in [9.17, 15) is 24.3 Å². The van der Waals surface area contributed by atoms with Gasteiger partial charge in [-0.3, -0.25) is 24.1 Å². The van der Waals surface area contributed by atoms with Crippen LogP contribution in [-0.2, 0) is 25.5 Å². The number of carbonyl (C=O) groups excluding carboxylic acids is 3. The molecule has 1 aromatic heterocycles. The van der Waals surface area contributed by atoms with Gasteiger partial charge >= 0.3 is 5.97 Å². The highest BCUT2D eigenvalue weighted by atomic mass is 32.1. The molecule has 3 rings (SSSR count). The molecule has 0 spiro atoms. The molecule has 3 amide bonds. The van der Waals surface area contributed by atoms with Gasteiger partial charge in [0.1, 0.15) is 22.8 Å². The molecular weight excluding hydrogens is 655 g/mol. The van der Waals surface area contributed by atoms with Crippen LogP contribution in [0.25, 0.3) is 0 Å². The van der Waals surface area contributed by atoms with Crippen molar-refractivity contribution in [3.8, 4) is 0 Å². The Morgan fingerprint density at radius 1 is 1.06 bits per heavy atom. The lowest BCUT2D eigenvalue weighted by molar-refractivity contribution is -0.141. The minimum absolute atomic E-state index is 0.0532. The molecule has 0 saturated carbocycles. The molecule has 1 fully saturated rings. The number of benzene rings is 1. The molecule has 1 aliphatic rings. The summed E-state index contributed by atoms with van der Waals surface area (Å²) in [6.45, 7) is 13.0. The second-order valence-corrected chi connectivity index (χ2v) is 15.1. The zero-order valence-corrected chi connectivity index (χ0v) is 32.0.